The first-order valence-electron chi connectivity index (χ1n) is 9.86. The van der Waals surface area contributed by atoms with Crippen LogP contribution < -0.4 is 27.4 Å². The Labute approximate surface area is 178 Å². The van der Waals surface area contributed by atoms with Crippen molar-refractivity contribution in [3.63, 3.8) is 0 Å². The van der Waals surface area contributed by atoms with E-state index < -0.39 is 11.7 Å². The molecule has 4 heterocycles. The molecule has 0 spiro atoms. The fraction of sp³-hybridized carbons (Fsp3) is 0.238. The van der Waals surface area contributed by atoms with E-state index in [2.05, 4.69) is 25.2 Å². The van der Waals surface area contributed by atoms with E-state index in [1.165, 1.54) is 12.3 Å². The molecule has 1 aliphatic rings. The summed E-state index contributed by atoms with van der Waals surface area (Å²) in [4.78, 5) is 27.3. The van der Waals surface area contributed by atoms with Gasteiger partial charge in [-0.25, -0.2) is 14.4 Å². The molecule has 160 valence electrons. The standard InChI is InChI=1S/C21H23FN8O/c22-14-8-15(24)20(29-19(14)12-3-4-18(25)27-9-12)21(31)28-16-10-26-6-5-17(16)30-7-1-2-13(23)11-30/h3-6,8-10,13H,1-2,7,11,23-24H2,(H2,25,27)(H,28,31)/t13-/m0/s1. The molecule has 3 aromatic heterocycles. The van der Waals surface area contributed by atoms with E-state index in [0.717, 1.165) is 31.1 Å². The largest absolute Gasteiger partial charge is 0.397 e. The SMILES string of the molecule is Nc1ccc(-c2nc(C(=O)Nc3cnccc3N3CCC[C@H](N)C3)c(N)cc2F)cn1. The summed E-state index contributed by atoms with van der Waals surface area (Å²) in [5, 5.41) is 2.80. The lowest BCUT2D eigenvalue weighted by molar-refractivity contribution is 0.102. The second-order valence-corrected chi connectivity index (χ2v) is 7.42. The van der Waals surface area contributed by atoms with Crippen molar-refractivity contribution in [3.8, 4) is 11.3 Å². The quantitative estimate of drug-likeness (QED) is 0.499. The number of hydrogen-bond donors (Lipinski definition) is 4. The maximum atomic E-state index is 14.5. The summed E-state index contributed by atoms with van der Waals surface area (Å²) in [7, 11) is 0. The normalized spacial score (nSPS) is 16.2. The lowest BCUT2D eigenvalue weighted by Gasteiger charge is -2.33. The third-order valence-electron chi connectivity index (χ3n) is 5.13. The van der Waals surface area contributed by atoms with Gasteiger partial charge in [0.05, 0.1) is 23.3 Å². The van der Waals surface area contributed by atoms with E-state index in [9.17, 15) is 9.18 Å². The van der Waals surface area contributed by atoms with E-state index in [0.29, 0.717) is 23.6 Å². The van der Waals surface area contributed by atoms with E-state index in [4.69, 9.17) is 17.2 Å². The number of halogens is 1. The van der Waals surface area contributed by atoms with Gasteiger partial charge in [0, 0.05) is 43.2 Å². The Morgan fingerprint density at radius 2 is 2.06 bits per heavy atom. The van der Waals surface area contributed by atoms with Gasteiger partial charge in [-0.3, -0.25) is 9.78 Å². The van der Waals surface area contributed by atoms with Gasteiger partial charge in [0.15, 0.2) is 11.5 Å². The predicted octanol–water partition coefficient (Wildman–Crippen LogP) is 2.02. The van der Waals surface area contributed by atoms with Crippen LogP contribution in [0.15, 0.2) is 42.9 Å². The van der Waals surface area contributed by atoms with E-state index in [-0.39, 0.29) is 23.1 Å². The number of amides is 1. The Morgan fingerprint density at radius 1 is 1.23 bits per heavy atom. The van der Waals surface area contributed by atoms with Gasteiger partial charge < -0.3 is 27.4 Å². The van der Waals surface area contributed by atoms with E-state index >= 15 is 0 Å². The number of nitrogens with zero attached hydrogens (tertiary/aromatic N) is 4. The average molecular weight is 422 g/mol. The molecule has 0 unspecified atom stereocenters. The molecule has 1 saturated heterocycles. The minimum Gasteiger partial charge on any atom is -0.397 e. The van der Waals surface area contributed by atoms with Gasteiger partial charge in [0.2, 0.25) is 0 Å². The number of carbonyl (C=O) groups excluding carboxylic acids is 1. The van der Waals surface area contributed by atoms with E-state index in [1.807, 2.05) is 6.07 Å². The monoisotopic (exact) mass is 422 g/mol. The summed E-state index contributed by atoms with van der Waals surface area (Å²) >= 11 is 0. The third kappa shape index (κ3) is 4.38. The van der Waals surface area contributed by atoms with Crippen molar-refractivity contribution in [2.24, 2.45) is 5.73 Å². The van der Waals surface area contributed by atoms with Crippen molar-refractivity contribution in [3.05, 3.63) is 54.4 Å². The maximum absolute atomic E-state index is 14.5. The highest BCUT2D eigenvalue weighted by Crippen LogP contribution is 2.29. The van der Waals surface area contributed by atoms with Gasteiger partial charge in [-0.15, -0.1) is 0 Å². The van der Waals surface area contributed by atoms with Crippen LogP contribution in [0.2, 0.25) is 0 Å². The predicted molar refractivity (Wildman–Crippen MR) is 118 cm³/mol. The molecule has 1 atom stereocenters. The number of piperidine rings is 1. The number of anilines is 4. The molecule has 0 aromatic carbocycles. The second-order valence-electron chi connectivity index (χ2n) is 7.42. The van der Waals surface area contributed by atoms with Crippen molar-refractivity contribution >= 4 is 28.8 Å². The zero-order valence-electron chi connectivity index (χ0n) is 16.8. The summed E-state index contributed by atoms with van der Waals surface area (Å²) in [6, 6.07) is 6.06. The number of nitrogen functional groups attached to an aromatic ring is 2. The summed E-state index contributed by atoms with van der Waals surface area (Å²) in [5.74, 6) is -0.943. The van der Waals surface area contributed by atoms with Crippen molar-refractivity contribution in [2.45, 2.75) is 18.9 Å². The second kappa shape index (κ2) is 8.52. The number of nitrogens with two attached hydrogens (primary N) is 3. The molecule has 31 heavy (non-hydrogen) atoms. The first-order valence-corrected chi connectivity index (χ1v) is 9.86. The number of hydrogen-bond acceptors (Lipinski definition) is 8. The lowest BCUT2D eigenvalue weighted by atomic mass is 10.1. The van der Waals surface area contributed by atoms with Crippen molar-refractivity contribution in [1.82, 2.24) is 15.0 Å². The average Bonchev–Trinajstić information content (AvgIpc) is 2.75. The fourth-order valence-corrected chi connectivity index (χ4v) is 3.60. The van der Waals surface area contributed by atoms with Crippen LogP contribution in [0.25, 0.3) is 11.3 Å². The van der Waals surface area contributed by atoms with Crippen LogP contribution in [0.1, 0.15) is 23.3 Å². The van der Waals surface area contributed by atoms with Gasteiger partial charge in [-0.1, -0.05) is 0 Å². The molecule has 1 aliphatic heterocycles. The van der Waals surface area contributed by atoms with Crippen molar-refractivity contribution in [2.75, 3.05) is 34.8 Å². The Balaban J connectivity index is 1.64. The van der Waals surface area contributed by atoms with Gasteiger partial charge in [-0.05, 0) is 31.0 Å². The topological polar surface area (TPSA) is 149 Å². The molecule has 0 bridgehead atoms. The van der Waals surface area contributed by atoms with Gasteiger partial charge in [-0.2, -0.15) is 0 Å². The highest BCUT2D eigenvalue weighted by molar-refractivity contribution is 6.08. The number of nitrogens with one attached hydrogen (secondary N) is 1. The van der Waals surface area contributed by atoms with Crippen LogP contribution >= 0.6 is 0 Å². The lowest BCUT2D eigenvalue weighted by Crippen LogP contribution is -2.43. The zero-order valence-corrected chi connectivity index (χ0v) is 16.8. The number of aromatic nitrogens is 3. The minimum absolute atomic E-state index is 0.0414. The molecule has 1 amide bonds. The van der Waals surface area contributed by atoms with Crippen LogP contribution in [0.3, 0.4) is 0 Å². The Bertz CT molecular complexity index is 1110. The van der Waals surface area contributed by atoms with Crippen LogP contribution in [-0.2, 0) is 0 Å². The van der Waals surface area contributed by atoms with Crippen LogP contribution in [-0.4, -0.2) is 40.0 Å². The molecule has 7 N–H and O–H groups in total. The van der Waals surface area contributed by atoms with Crippen LogP contribution in [0.4, 0.5) is 27.3 Å². The molecular weight excluding hydrogens is 399 g/mol. The molecule has 4 rings (SSSR count). The number of pyridine rings is 3. The molecule has 1 fully saturated rings. The van der Waals surface area contributed by atoms with Gasteiger partial charge in [0.25, 0.3) is 5.91 Å². The van der Waals surface area contributed by atoms with Crippen molar-refractivity contribution < 1.29 is 9.18 Å². The maximum Gasteiger partial charge on any atom is 0.276 e. The summed E-state index contributed by atoms with van der Waals surface area (Å²) in [6.45, 7) is 1.50. The Morgan fingerprint density at radius 3 is 2.81 bits per heavy atom. The fourth-order valence-electron chi connectivity index (χ4n) is 3.60. The Kier molecular flexibility index (Phi) is 5.63. The first-order chi connectivity index (χ1) is 14.9. The van der Waals surface area contributed by atoms with Crippen LogP contribution in [0, 0.1) is 5.82 Å². The third-order valence-corrected chi connectivity index (χ3v) is 5.13. The molecule has 9 nitrogen and oxygen atoms in total. The summed E-state index contributed by atoms with van der Waals surface area (Å²) < 4.78 is 14.5. The summed E-state index contributed by atoms with van der Waals surface area (Å²) in [5.41, 5.74) is 19.1. The smallest absolute Gasteiger partial charge is 0.276 e. The van der Waals surface area contributed by atoms with Gasteiger partial charge >= 0.3 is 0 Å². The molecular formula is C21H23FN8O. The molecule has 0 radical (unpaired) electrons. The minimum atomic E-state index is -0.662. The van der Waals surface area contributed by atoms with Gasteiger partial charge in [0.1, 0.15) is 11.5 Å². The highest BCUT2D eigenvalue weighted by Gasteiger charge is 2.22. The molecule has 10 heteroatoms. The van der Waals surface area contributed by atoms with Crippen molar-refractivity contribution in [1.29, 1.82) is 0 Å². The number of rotatable bonds is 4. The molecule has 3 aromatic rings. The summed E-state index contributed by atoms with van der Waals surface area (Å²) in [6.07, 6.45) is 6.52. The van der Waals surface area contributed by atoms with E-state index in [1.54, 1.807) is 18.5 Å². The molecule has 0 aliphatic carbocycles. The highest BCUT2D eigenvalue weighted by atomic mass is 19.1. The molecule has 0 saturated carbocycles. The Hall–Kier alpha value is -3.79. The van der Waals surface area contributed by atoms with Crippen LogP contribution in [0.5, 0.6) is 0 Å². The number of carbonyl (C=O) groups is 1. The zero-order chi connectivity index (χ0) is 22.0. The first kappa shape index (κ1) is 20.5.